The van der Waals surface area contributed by atoms with Gasteiger partial charge in [-0.05, 0) is 13.0 Å². The summed E-state index contributed by atoms with van der Waals surface area (Å²) in [5, 5.41) is 6.04. The first-order chi connectivity index (χ1) is 8.69. The summed E-state index contributed by atoms with van der Waals surface area (Å²) in [6.07, 6.45) is 0. The van der Waals surface area contributed by atoms with E-state index < -0.39 is 0 Å². The van der Waals surface area contributed by atoms with Crippen molar-refractivity contribution in [2.75, 3.05) is 18.4 Å². The number of para-hydroxylation sites is 1. The Morgan fingerprint density at radius 3 is 2.83 bits per heavy atom. The summed E-state index contributed by atoms with van der Waals surface area (Å²) in [4.78, 5) is 14.2. The summed E-state index contributed by atoms with van der Waals surface area (Å²) in [6, 6.07) is 7.80. The molecule has 0 radical (unpaired) electrons. The zero-order chi connectivity index (χ0) is 13.1. The van der Waals surface area contributed by atoms with E-state index in [1.54, 1.807) is 9.58 Å². The summed E-state index contributed by atoms with van der Waals surface area (Å²) in [7, 11) is 1.86. The topological polar surface area (TPSA) is 38.1 Å². The van der Waals surface area contributed by atoms with Gasteiger partial charge in [-0.15, -0.1) is 0 Å². The van der Waals surface area contributed by atoms with Crippen molar-refractivity contribution in [2.24, 2.45) is 7.05 Å². The first-order valence-corrected chi connectivity index (χ1v) is 7.08. The van der Waals surface area contributed by atoms with E-state index in [0.29, 0.717) is 18.8 Å². The Hall–Kier alpha value is -1.36. The summed E-state index contributed by atoms with van der Waals surface area (Å²) in [6.45, 7) is 3.36. The number of alkyl halides is 1. The largest absolute Gasteiger partial charge is 0.337 e. The molecule has 1 aromatic heterocycles. The lowest BCUT2D eigenvalue weighted by Crippen LogP contribution is -2.32. The van der Waals surface area contributed by atoms with Gasteiger partial charge in [-0.25, -0.2) is 0 Å². The van der Waals surface area contributed by atoms with Gasteiger partial charge in [0.1, 0.15) is 0 Å². The molecule has 0 aliphatic heterocycles. The monoisotopic (exact) mass is 309 g/mol. The maximum Gasteiger partial charge on any atom is 0.275 e. The first-order valence-electron chi connectivity index (χ1n) is 5.96. The molecule has 2 rings (SSSR count). The van der Waals surface area contributed by atoms with Gasteiger partial charge in [-0.1, -0.05) is 34.1 Å². The molecule has 0 bridgehead atoms. The van der Waals surface area contributed by atoms with E-state index in [0.717, 1.165) is 16.2 Å². The highest BCUT2D eigenvalue weighted by atomic mass is 79.9. The van der Waals surface area contributed by atoms with Crippen LogP contribution in [0.4, 0.5) is 0 Å². The van der Waals surface area contributed by atoms with Crippen LogP contribution in [0.3, 0.4) is 0 Å². The summed E-state index contributed by atoms with van der Waals surface area (Å²) in [5.41, 5.74) is 1.52. The number of aromatic nitrogens is 2. The molecule has 0 aliphatic rings. The number of nitrogens with zero attached hydrogens (tertiary/aromatic N) is 3. The smallest absolute Gasteiger partial charge is 0.275 e. The molecule has 1 aromatic carbocycles. The van der Waals surface area contributed by atoms with Crippen LogP contribution in [-0.2, 0) is 7.05 Å². The van der Waals surface area contributed by atoms with Crippen LogP contribution in [0.2, 0.25) is 0 Å². The third kappa shape index (κ3) is 2.27. The van der Waals surface area contributed by atoms with Crippen LogP contribution < -0.4 is 0 Å². The molecule has 0 spiro atoms. The van der Waals surface area contributed by atoms with Gasteiger partial charge in [0.25, 0.3) is 5.91 Å². The van der Waals surface area contributed by atoms with E-state index >= 15 is 0 Å². The highest BCUT2D eigenvalue weighted by Gasteiger charge is 2.20. The third-order valence-corrected chi connectivity index (χ3v) is 3.34. The zero-order valence-electron chi connectivity index (χ0n) is 10.6. The van der Waals surface area contributed by atoms with Gasteiger partial charge in [-0.3, -0.25) is 9.48 Å². The molecule has 18 heavy (non-hydrogen) atoms. The number of hydrogen-bond donors (Lipinski definition) is 0. The van der Waals surface area contributed by atoms with Crippen LogP contribution >= 0.6 is 15.9 Å². The summed E-state index contributed by atoms with van der Waals surface area (Å²) >= 11 is 3.37. The Morgan fingerprint density at radius 1 is 1.44 bits per heavy atom. The van der Waals surface area contributed by atoms with Crippen molar-refractivity contribution >= 4 is 32.7 Å². The predicted molar refractivity (Wildman–Crippen MR) is 76.1 cm³/mol. The van der Waals surface area contributed by atoms with Crippen molar-refractivity contribution in [1.82, 2.24) is 14.7 Å². The van der Waals surface area contributed by atoms with Crippen molar-refractivity contribution in [3.05, 3.63) is 30.0 Å². The van der Waals surface area contributed by atoms with E-state index in [9.17, 15) is 4.79 Å². The average molecular weight is 310 g/mol. The summed E-state index contributed by atoms with van der Waals surface area (Å²) in [5.74, 6) is -0.00579. The average Bonchev–Trinajstić information content (AvgIpc) is 2.73. The third-order valence-electron chi connectivity index (χ3n) is 2.98. The number of fused-ring (bicyclic) bond motifs is 1. The Balaban J connectivity index is 2.44. The zero-order valence-corrected chi connectivity index (χ0v) is 12.1. The Labute approximate surface area is 115 Å². The second-order valence-electron chi connectivity index (χ2n) is 4.06. The maximum atomic E-state index is 12.4. The second-order valence-corrected chi connectivity index (χ2v) is 4.86. The number of carbonyl (C=O) groups is 1. The molecular weight excluding hydrogens is 294 g/mol. The molecular formula is C13H16BrN3O. The van der Waals surface area contributed by atoms with E-state index in [1.807, 2.05) is 38.2 Å². The lowest BCUT2D eigenvalue weighted by atomic mass is 10.2. The van der Waals surface area contributed by atoms with Crippen LogP contribution in [0.5, 0.6) is 0 Å². The number of halogens is 1. The fourth-order valence-electron chi connectivity index (χ4n) is 2.03. The minimum atomic E-state index is -0.00579. The van der Waals surface area contributed by atoms with E-state index in [4.69, 9.17) is 0 Å². The number of carbonyl (C=O) groups excluding carboxylic acids is 1. The first kappa shape index (κ1) is 13.1. The van der Waals surface area contributed by atoms with Gasteiger partial charge in [0, 0.05) is 30.9 Å². The van der Waals surface area contributed by atoms with Crippen LogP contribution in [0.15, 0.2) is 24.3 Å². The van der Waals surface area contributed by atoms with E-state index in [1.165, 1.54) is 0 Å². The lowest BCUT2D eigenvalue weighted by molar-refractivity contribution is 0.0770. The lowest BCUT2D eigenvalue weighted by Gasteiger charge is -2.18. The van der Waals surface area contributed by atoms with Crippen LogP contribution in [0.25, 0.3) is 10.9 Å². The van der Waals surface area contributed by atoms with E-state index in [2.05, 4.69) is 21.0 Å². The molecule has 0 saturated carbocycles. The second kappa shape index (κ2) is 5.52. The molecule has 1 amide bonds. The van der Waals surface area contributed by atoms with Crippen LogP contribution in [0, 0.1) is 0 Å². The minimum absolute atomic E-state index is 0.00579. The van der Waals surface area contributed by atoms with Gasteiger partial charge >= 0.3 is 0 Å². The standard InChI is InChI=1S/C13H16BrN3O/c1-3-17(9-8-14)13(18)12-10-6-4-5-7-11(10)16(2)15-12/h4-7H,3,8-9H2,1-2H3. The van der Waals surface area contributed by atoms with Gasteiger partial charge in [0.15, 0.2) is 5.69 Å². The van der Waals surface area contributed by atoms with Crippen molar-refractivity contribution in [1.29, 1.82) is 0 Å². The highest BCUT2D eigenvalue weighted by Crippen LogP contribution is 2.18. The molecule has 2 aromatic rings. The minimum Gasteiger partial charge on any atom is -0.337 e. The fraction of sp³-hybridized carbons (Fsp3) is 0.385. The van der Waals surface area contributed by atoms with Gasteiger partial charge in [-0.2, -0.15) is 5.10 Å². The summed E-state index contributed by atoms with van der Waals surface area (Å²) < 4.78 is 1.75. The molecule has 0 fully saturated rings. The Morgan fingerprint density at radius 2 is 2.17 bits per heavy atom. The van der Waals surface area contributed by atoms with Crippen molar-refractivity contribution in [3.8, 4) is 0 Å². The number of amides is 1. The predicted octanol–water partition coefficient (Wildman–Crippen LogP) is 2.43. The van der Waals surface area contributed by atoms with Gasteiger partial charge in [0.05, 0.1) is 5.52 Å². The fourth-order valence-corrected chi connectivity index (χ4v) is 2.45. The number of benzene rings is 1. The van der Waals surface area contributed by atoms with Crippen molar-refractivity contribution in [2.45, 2.75) is 6.92 Å². The van der Waals surface area contributed by atoms with Crippen molar-refractivity contribution in [3.63, 3.8) is 0 Å². The quantitative estimate of drug-likeness (QED) is 0.814. The van der Waals surface area contributed by atoms with Crippen LogP contribution in [0.1, 0.15) is 17.4 Å². The van der Waals surface area contributed by atoms with Crippen molar-refractivity contribution < 1.29 is 4.79 Å². The molecule has 0 atom stereocenters. The van der Waals surface area contributed by atoms with Crippen LogP contribution in [-0.4, -0.2) is 39.0 Å². The SMILES string of the molecule is CCN(CCBr)C(=O)c1nn(C)c2ccccc12. The van der Waals surface area contributed by atoms with Gasteiger partial charge < -0.3 is 4.90 Å². The molecule has 0 saturated heterocycles. The molecule has 0 unspecified atom stereocenters. The maximum absolute atomic E-state index is 12.4. The molecule has 5 heteroatoms. The Kier molecular flexibility index (Phi) is 4.01. The van der Waals surface area contributed by atoms with Gasteiger partial charge in [0.2, 0.25) is 0 Å². The normalized spacial score (nSPS) is 10.8. The molecule has 1 heterocycles. The molecule has 0 aliphatic carbocycles. The number of hydrogen-bond acceptors (Lipinski definition) is 2. The number of aryl methyl sites for hydroxylation is 1. The Bertz CT molecular complexity index is 564. The highest BCUT2D eigenvalue weighted by molar-refractivity contribution is 9.09. The van der Waals surface area contributed by atoms with E-state index in [-0.39, 0.29) is 5.91 Å². The molecule has 0 N–H and O–H groups in total. The molecule has 96 valence electrons. The number of rotatable bonds is 4. The molecule has 4 nitrogen and oxygen atoms in total.